The zero-order chi connectivity index (χ0) is 17.4. The van der Waals surface area contributed by atoms with E-state index in [0.717, 1.165) is 11.8 Å². The van der Waals surface area contributed by atoms with Gasteiger partial charge in [-0.2, -0.15) is 0 Å². The Bertz CT molecular complexity index is 903. The average Bonchev–Trinajstić information content (AvgIpc) is 3.04. The van der Waals surface area contributed by atoms with Gasteiger partial charge in [0.2, 0.25) is 0 Å². The van der Waals surface area contributed by atoms with Crippen molar-refractivity contribution in [1.82, 2.24) is 0 Å². The van der Waals surface area contributed by atoms with E-state index in [1.54, 1.807) is 37.3 Å². The second-order valence-corrected chi connectivity index (χ2v) is 7.42. The van der Waals surface area contributed by atoms with Crippen LogP contribution in [0, 0.1) is 6.92 Å². The number of anilines is 1. The molecule has 2 aromatic rings. The van der Waals surface area contributed by atoms with Gasteiger partial charge in [-0.05, 0) is 52.7 Å². The average molecular weight is 424 g/mol. The van der Waals surface area contributed by atoms with Crippen molar-refractivity contribution in [1.29, 1.82) is 0 Å². The van der Waals surface area contributed by atoms with Crippen molar-refractivity contribution in [3.63, 3.8) is 0 Å². The zero-order valence-electron chi connectivity index (χ0n) is 12.3. The number of aromatic carboxylic acids is 1. The van der Waals surface area contributed by atoms with Crippen molar-refractivity contribution in [2.45, 2.75) is 6.92 Å². The predicted octanol–water partition coefficient (Wildman–Crippen LogP) is 4.45. The van der Waals surface area contributed by atoms with Gasteiger partial charge >= 0.3 is 5.97 Å². The van der Waals surface area contributed by atoms with Gasteiger partial charge in [0, 0.05) is 6.08 Å². The molecule has 1 saturated heterocycles. The molecule has 2 heterocycles. The number of rotatable bonds is 3. The first-order chi connectivity index (χ1) is 11.4. The lowest BCUT2D eigenvalue weighted by molar-refractivity contribution is -0.113. The number of amides is 1. The number of carboxylic acid groups (broad SMARTS) is 1. The third-order valence-electron chi connectivity index (χ3n) is 3.37. The molecular weight excluding hydrogens is 414 g/mol. The summed E-state index contributed by atoms with van der Waals surface area (Å²) in [4.78, 5) is 25.7. The largest absolute Gasteiger partial charge is 0.478 e. The van der Waals surface area contributed by atoms with Crippen molar-refractivity contribution < 1.29 is 19.1 Å². The van der Waals surface area contributed by atoms with E-state index in [4.69, 9.17) is 16.6 Å². The lowest BCUT2D eigenvalue weighted by Gasteiger charge is -2.15. The smallest absolute Gasteiger partial charge is 0.336 e. The highest BCUT2D eigenvalue weighted by Crippen LogP contribution is 2.37. The third kappa shape index (κ3) is 3.17. The molecule has 0 spiro atoms. The summed E-state index contributed by atoms with van der Waals surface area (Å²) in [6, 6.07) is 8.25. The molecule has 1 aliphatic rings. The molecule has 0 radical (unpaired) electrons. The molecule has 1 N–H and O–H groups in total. The van der Waals surface area contributed by atoms with Gasteiger partial charge in [-0.1, -0.05) is 30.0 Å². The molecule has 122 valence electrons. The maximum Gasteiger partial charge on any atom is 0.336 e. The lowest BCUT2D eigenvalue weighted by Crippen LogP contribution is -2.27. The van der Waals surface area contributed by atoms with E-state index in [-0.39, 0.29) is 11.5 Å². The Morgan fingerprint density at radius 2 is 2.12 bits per heavy atom. The highest BCUT2D eigenvalue weighted by molar-refractivity contribution is 9.10. The molecule has 1 amide bonds. The number of furan rings is 1. The number of thioether (sulfide) groups is 1. The fraction of sp³-hybridized carbons (Fsp3) is 0.0625. The van der Waals surface area contributed by atoms with Crippen LogP contribution >= 0.6 is 39.9 Å². The number of carboxylic acids is 1. The Balaban J connectivity index is 1.97. The number of hydrogen-bond acceptors (Lipinski definition) is 5. The van der Waals surface area contributed by atoms with Gasteiger partial charge in [-0.25, -0.2) is 4.79 Å². The molecule has 0 unspecified atom stereocenters. The topological polar surface area (TPSA) is 70.8 Å². The molecule has 0 bridgehead atoms. The zero-order valence-corrected chi connectivity index (χ0v) is 15.5. The van der Waals surface area contributed by atoms with E-state index in [1.807, 2.05) is 0 Å². The second-order valence-electron chi connectivity index (χ2n) is 4.96. The van der Waals surface area contributed by atoms with Crippen LogP contribution in [-0.2, 0) is 4.79 Å². The van der Waals surface area contributed by atoms with Crippen LogP contribution in [0.5, 0.6) is 0 Å². The number of carbonyl (C=O) groups is 2. The summed E-state index contributed by atoms with van der Waals surface area (Å²) in [6.07, 6.45) is 1.61. The Morgan fingerprint density at radius 3 is 2.75 bits per heavy atom. The maximum atomic E-state index is 12.6. The Kier molecular flexibility index (Phi) is 4.62. The quantitative estimate of drug-likeness (QED) is 0.580. The number of hydrogen-bond donors (Lipinski definition) is 1. The third-order valence-corrected chi connectivity index (χ3v) is 5.10. The molecule has 0 saturated carbocycles. The van der Waals surface area contributed by atoms with Gasteiger partial charge < -0.3 is 9.52 Å². The minimum absolute atomic E-state index is 0.139. The van der Waals surface area contributed by atoms with Crippen molar-refractivity contribution in [3.8, 4) is 0 Å². The number of aryl methyl sites for hydroxylation is 1. The normalized spacial score (nSPS) is 16.2. The monoisotopic (exact) mass is 423 g/mol. The summed E-state index contributed by atoms with van der Waals surface area (Å²) in [6.45, 7) is 1.70. The molecule has 24 heavy (non-hydrogen) atoms. The van der Waals surface area contributed by atoms with Crippen LogP contribution in [0.1, 0.15) is 21.7 Å². The van der Waals surface area contributed by atoms with Gasteiger partial charge in [0.15, 0.2) is 8.99 Å². The standard InChI is InChI=1S/C16H10BrNO4S2/c1-8-2-3-9(6-11(8)15(20)21)18-14(19)12(24-16(18)23)7-10-4-5-13(17)22-10/h2-7H,1H3,(H,20,21)/b12-7+. The molecule has 0 aliphatic carbocycles. The van der Waals surface area contributed by atoms with E-state index in [9.17, 15) is 14.7 Å². The number of carbonyl (C=O) groups excluding carboxylic acids is 1. The van der Waals surface area contributed by atoms with Crippen LogP contribution in [0.3, 0.4) is 0 Å². The minimum Gasteiger partial charge on any atom is -0.478 e. The Hall–Kier alpha value is -1.90. The van der Waals surface area contributed by atoms with Crippen LogP contribution in [0.15, 0.2) is 44.3 Å². The van der Waals surface area contributed by atoms with E-state index < -0.39 is 5.97 Å². The minimum atomic E-state index is -1.05. The summed E-state index contributed by atoms with van der Waals surface area (Å²) in [5.41, 5.74) is 1.19. The van der Waals surface area contributed by atoms with Crippen molar-refractivity contribution in [2.75, 3.05) is 4.90 Å². The summed E-state index contributed by atoms with van der Waals surface area (Å²) >= 11 is 9.63. The van der Waals surface area contributed by atoms with Gasteiger partial charge in [0.05, 0.1) is 16.2 Å². The molecule has 8 heteroatoms. The molecule has 3 rings (SSSR count). The summed E-state index contributed by atoms with van der Waals surface area (Å²) in [5, 5.41) is 9.24. The Morgan fingerprint density at radius 1 is 1.38 bits per heavy atom. The molecule has 1 aliphatic heterocycles. The SMILES string of the molecule is Cc1ccc(N2C(=O)/C(=C\c3ccc(Br)o3)SC2=S)cc1C(=O)O. The molecular formula is C16H10BrNO4S2. The molecule has 1 aromatic carbocycles. The number of nitrogens with zero attached hydrogens (tertiary/aromatic N) is 1. The molecule has 1 fully saturated rings. The Labute approximate surface area is 155 Å². The van der Waals surface area contributed by atoms with Gasteiger partial charge in [0.25, 0.3) is 5.91 Å². The molecule has 1 aromatic heterocycles. The van der Waals surface area contributed by atoms with Crippen LogP contribution in [0.25, 0.3) is 6.08 Å². The van der Waals surface area contributed by atoms with Crippen LogP contribution in [0.2, 0.25) is 0 Å². The molecule has 5 nitrogen and oxygen atoms in total. The van der Waals surface area contributed by atoms with Crippen molar-refractivity contribution in [2.24, 2.45) is 0 Å². The van der Waals surface area contributed by atoms with Crippen molar-refractivity contribution in [3.05, 3.63) is 56.8 Å². The van der Waals surface area contributed by atoms with E-state index in [2.05, 4.69) is 15.9 Å². The van der Waals surface area contributed by atoms with Crippen molar-refractivity contribution >= 4 is 67.9 Å². The van der Waals surface area contributed by atoms with Crippen LogP contribution < -0.4 is 4.90 Å². The highest BCUT2D eigenvalue weighted by Gasteiger charge is 2.34. The summed E-state index contributed by atoms with van der Waals surface area (Å²) in [7, 11) is 0. The maximum absolute atomic E-state index is 12.6. The van der Waals surface area contributed by atoms with Gasteiger partial charge in [-0.3, -0.25) is 9.69 Å². The fourth-order valence-electron chi connectivity index (χ4n) is 2.20. The number of halogens is 1. The number of thiocarbonyl (C=S) groups is 1. The highest BCUT2D eigenvalue weighted by atomic mass is 79.9. The first-order valence-corrected chi connectivity index (χ1v) is 8.76. The van der Waals surface area contributed by atoms with Crippen LogP contribution in [0.4, 0.5) is 5.69 Å². The first kappa shape index (κ1) is 16.9. The van der Waals surface area contributed by atoms with Crippen LogP contribution in [-0.4, -0.2) is 21.3 Å². The summed E-state index contributed by atoms with van der Waals surface area (Å²) < 4.78 is 6.28. The van der Waals surface area contributed by atoms with E-state index in [0.29, 0.717) is 30.9 Å². The first-order valence-electron chi connectivity index (χ1n) is 6.74. The van der Waals surface area contributed by atoms with Gasteiger partial charge in [-0.15, -0.1) is 0 Å². The van der Waals surface area contributed by atoms with Gasteiger partial charge in [0.1, 0.15) is 5.76 Å². The fourth-order valence-corrected chi connectivity index (χ4v) is 3.80. The second kappa shape index (κ2) is 6.54. The summed E-state index contributed by atoms with van der Waals surface area (Å²) in [5.74, 6) is -0.828. The predicted molar refractivity (Wildman–Crippen MR) is 100 cm³/mol. The van der Waals surface area contributed by atoms with E-state index >= 15 is 0 Å². The lowest BCUT2D eigenvalue weighted by atomic mass is 10.1. The molecule has 0 atom stereocenters. The number of benzene rings is 1. The van der Waals surface area contributed by atoms with E-state index in [1.165, 1.54) is 11.0 Å².